The van der Waals surface area contributed by atoms with E-state index in [-0.39, 0.29) is 5.54 Å². The third-order valence-corrected chi connectivity index (χ3v) is 3.41. The van der Waals surface area contributed by atoms with Crippen LogP contribution in [0.3, 0.4) is 0 Å². The van der Waals surface area contributed by atoms with Crippen LogP contribution in [0.4, 0.5) is 0 Å². The number of benzene rings is 1. The molecule has 0 atom stereocenters. The minimum absolute atomic E-state index is 0.0432. The van der Waals surface area contributed by atoms with E-state index < -0.39 is 0 Å². The first kappa shape index (κ1) is 15.1. The first-order chi connectivity index (χ1) is 9.45. The molecule has 0 bridgehead atoms. The Morgan fingerprint density at radius 1 is 1.15 bits per heavy atom. The molecular formula is C16H22ClN3. The standard InChI is InChI=1S/C16H22ClN3/c1-16(2,3)20-12-14(11-19-20)10-18-9-8-13-4-6-15(17)7-5-13/h4-7,11-12,18H,8-10H2,1-3H3. The molecule has 20 heavy (non-hydrogen) atoms. The van der Waals surface area contributed by atoms with E-state index in [1.54, 1.807) is 0 Å². The lowest BCUT2D eigenvalue weighted by Gasteiger charge is -2.18. The van der Waals surface area contributed by atoms with Crippen molar-refractivity contribution in [1.29, 1.82) is 0 Å². The van der Waals surface area contributed by atoms with Gasteiger partial charge in [0.15, 0.2) is 0 Å². The van der Waals surface area contributed by atoms with E-state index in [2.05, 4.69) is 49.5 Å². The Hall–Kier alpha value is -1.32. The number of aromatic nitrogens is 2. The molecule has 1 aromatic carbocycles. The summed E-state index contributed by atoms with van der Waals surface area (Å²) in [6.07, 6.45) is 5.04. The van der Waals surface area contributed by atoms with Crippen molar-refractivity contribution >= 4 is 11.6 Å². The fourth-order valence-electron chi connectivity index (χ4n) is 1.93. The van der Waals surface area contributed by atoms with Gasteiger partial charge in [-0.1, -0.05) is 23.7 Å². The molecule has 0 saturated heterocycles. The molecule has 2 rings (SSSR count). The van der Waals surface area contributed by atoms with Gasteiger partial charge in [-0.3, -0.25) is 4.68 Å². The van der Waals surface area contributed by atoms with Crippen LogP contribution in [0.1, 0.15) is 31.9 Å². The van der Waals surface area contributed by atoms with Crippen LogP contribution in [0.25, 0.3) is 0 Å². The largest absolute Gasteiger partial charge is 0.312 e. The monoisotopic (exact) mass is 291 g/mol. The lowest BCUT2D eigenvalue weighted by atomic mass is 10.1. The molecule has 1 heterocycles. The van der Waals surface area contributed by atoms with Gasteiger partial charge in [-0.05, 0) is 51.4 Å². The Morgan fingerprint density at radius 3 is 2.45 bits per heavy atom. The summed E-state index contributed by atoms with van der Waals surface area (Å²) >= 11 is 5.87. The molecule has 0 unspecified atom stereocenters. The van der Waals surface area contributed by atoms with E-state index in [1.165, 1.54) is 11.1 Å². The van der Waals surface area contributed by atoms with Gasteiger partial charge in [-0.25, -0.2) is 0 Å². The molecule has 0 aliphatic heterocycles. The summed E-state index contributed by atoms with van der Waals surface area (Å²) in [7, 11) is 0. The topological polar surface area (TPSA) is 29.9 Å². The van der Waals surface area contributed by atoms with E-state index in [0.717, 1.165) is 24.5 Å². The molecule has 4 heteroatoms. The Labute approximate surface area is 126 Å². The smallest absolute Gasteiger partial charge is 0.0543 e. The van der Waals surface area contributed by atoms with Gasteiger partial charge in [0.05, 0.1) is 11.7 Å². The summed E-state index contributed by atoms with van der Waals surface area (Å²) in [5, 5.41) is 8.63. The quantitative estimate of drug-likeness (QED) is 0.853. The molecule has 0 fully saturated rings. The molecule has 0 aliphatic carbocycles. The highest BCUT2D eigenvalue weighted by Gasteiger charge is 2.13. The molecule has 1 N–H and O–H groups in total. The van der Waals surface area contributed by atoms with E-state index in [1.807, 2.05) is 23.0 Å². The molecule has 2 aromatic rings. The van der Waals surface area contributed by atoms with Gasteiger partial charge in [0.2, 0.25) is 0 Å². The van der Waals surface area contributed by atoms with Crippen LogP contribution in [-0.2, 0) is 18.5 Å². The van der Waals surface area contributed by atoms with Crippen molar-refractivity contribution in [2.24, 2.45) is 0 Å². The second-order valence-corrected chi connectivity index (χ2v) is 6.45. The molecule has 0 amide bonds. The summed E-state index contributed by atoms with van der Waals surface area (Å²) in [4.78, 5) is 0. The average molecular weight is 292 g/mol. The van der Waals surface area contributed by atoms with Crippen molar-refractivity contribution in [1.82, 2.24) is 15.1 Å². The van der Waals surface area contributed by atoms with Crippen LogP contribution in [0, 0.1) is 0 Å². The molecular weight excluding hydrogens is 270 g/mol. The minimum Gasteiger partial charge on any atom is -0.312 e. The lowest BCUT2D eigenvalue weighted by Crippen LogP contribution is -2.22. The Balaban J connectivity index is 1.76. The van der Waals surface area contributed by atoms with Crippen molar-refractivity contribution in [2.75, 3.05) is 6.54 Å². The first-order valence-electron chi connectivity index (χ1n) is 6.94. The van der Waals surface area contributed by atoms with Crippen molar-refractivity contribution in [3.05, 3.63) is 52.8 Å². The highest BCUT2D eigenvalue weighted by molar-refractivity contribution is 6.30. The fraction of sp³-hybridized carbons (Fsp3) is 0.438. The van der Waals surface area contributed by atoms with Gasteiger partial charge in [-0.2, -0.15) is 5.10 Å². The van der Waals surface area contributed by atoms with Gasteiger partial charge in [0.1, 0.15) is 0 Å². The predicted molar refractivity (Wildman–Crippen MR) is 84.1 cm³/mol. The Kier molecular flexibility index (Phi) is 4.84. The van der Waals surface area contributed by atoms with Gasteiger partial charge >= 0.3 is 0 Å². The third-order valence-electron chi connectivity index (χ3n) is 3.16. The first-order valence-corrected chi connectivity index (χ1v) is 7.32. The van der Waals surface area contributed by atoms with Crippen LogP contribution >= 0.6 is 11.6 Å². The van der Waals surface area contributed by atoms with Crippen LogP contribution in [0.5, 0.6) is 0 Å². The number of hydrogen-bond donors (Lipinski definition) is 1. The third kappa shape index (κ3) is 4.36. The molecule has 0 saturated carbocycles. The maximum atomic E-state index is 5.87. The number of rotatable bonds is 5. The van der Waals surface area contributed by atoms with E-state index in [0.29, 0.717) is 0 Å². The summed E-state index contributed by atoms with van der Waals surface area (Å²) in [6, 6.07) is 8.01. The summed E-state index contributed by atoms with van der Waals surface area (Å²) in [6.45, 7) is 8.25. The highest BCUT2D eigenvalue weighted by atomic mass is 35.5. The molecule has 0 spiro atoms. The fourth-order valence-corrected chi connectivity index (χ4v) is 2.06. The number of nitrogens with zero attached hydrogens (tertiary/aromatic N) is 2. The summed E-state index contributed by atoms with van der Waals surface area (Å²) < 4.78 is 2.00. The molecule has 108 valence electrons. The number of nitrogens with one attached hydrogen (secondary N) is 1. The van der Waals surface area contributed by atoms with Crippen LogP contribution in [0.2, 0.25) is 5.02 Å². The maximum absolute atomic E-state index is 5.87. The second-order valence-electron chi connectivity index (χ2n) is 6.02. The van der Waals surface area contributed by atoms with Crippen molar-refractivity contribution in [3.63, 3.8) is 0 Å². The molecule has 0 radical (unpaired) electrons. The molecule has 1 aromatic heterocycles. The normalized spacial score (nSPS) is 11.8. The molecule has 0 aliphatic rings. The summed E-state index contributed by atoms with van der Waals surface area (Å²) in [5.74, 6) is 0. The van der Waals surface area contributed by atoms with E-state index in [4.69, 9.17) is 11.6 Å². The SMILES string of the molecule is CC(C)(C)n1cc(CNCCc2ccc(Cl)cc2)cn1. The molecule has 3 nitrogen and oxygen atoms in total. The van der Waals surface area contributed by atoms with Gasteiger partial charge in [0.25, 0.3) is 0 Å². The van der Waals surface area contributed by atoms with Gasteiger partial charge in [0, 0.05) is 23.3 Å². The summed E-state index contributed by atoms with van der Waals surface area (Å²) in [5.41, 5.74) is 2.56. The Morgan fingerprint density at radius 2 is 1.85 bits per heavy atom. The zero-order valence-electron chi connectivity index (χ0n) is 12.4. The van der Waals surface area contributed by atoms with E-state index in [9.17, 15) is 0 Å². The number of hydrogen-bond acceptors (Lipinski definition) is 2. The van der Waals surface area contributed by atoms with Crippen LogP contribution < -0.4 is 5.32 Å². The Bertz CT molecular complexity index is 538. The van der Waals surface area contributed by atoms with Crippen molar-refractivity contribution in [2.45, 2.75) is 39.3 Å². The second kappa shape index (κ2) is 6.42. The zero-order chi connectivity index (χ0) is 14.6. The maximum Gasteiger partial charge on any atom is 0.0543 e. The van der Waals surface area contributed by atoms with Crippen molar-refractivity contribution < 1.29 is 0 Å². The predicted octanol–water partition coefficient (Wildman–Crippen LogP) is 3.62. The highest BCUT2D eigenvalue weighted by Crippen LogP contribution is 2.13. The minimum atomic E-state index is 0.0432. The lowest BCUT2D eigenvalue weighted by molar-refractivity contribution is 0.355. The van der Waals surface area contributed by atoms with Crippen molar-refractivity contribution in [3.8, 4) is 0 Å². The zero-order valence-corrected chi connectivity index (χ0v) is 13.1. The van der Waals surface area contributed by atoms with E-state index >= 15 is 0 Å². The van der Waals surface area contributed by atoms with Crippen LogP contribution in [-0.4, -0.2) is 16.3 Å². The van der Waals surface area contributed by atoms with Crippen LogP contribution in [0.15, 0.2) is 36.7 Å². The van der Waals surface area contributed by atoms with Gasteiger partial charge < -0.3 is 5.32 Å². The number of halogens is 1. The average Bonchev–Trinajstić information content (AvgIpc) is 2.85. The van der Waals surface area contributed by atoms with Gasteiger partial charge in [-0.15, -0.1) is 0 Å².